The Morgan fingerprint density at radius 3 is 2.84 bits per heavy atom. The summed E-state index contributed by atoms with van der Waals surface area (Å²) in [5.74, 6) is 1.24. The molecule has 0 aliphatic rings. The molecule has 3 N–H and O–H groups in total. The first kappa shape index (κ1) is 14.1. The highest BCUT2D eigenvalue weighted by Gasteiger charge is 2.12. The highest BCUT2D eigenvalue weighted by molar-refractivity contribution is 7.16. The van der Waals surface area contributed by atoms with Crippen LogP contribution < -0.4 is 11.1 Å². The van der Waals surface area contributed by atoms with E-state index in [2.05, 4.69) is 35.2 Å². The molecule has 0 saturated carbocycles. The molecule has 0 aliphatic heterocycles. The van der Waals surface area contributed by atoms with Gasteiger partial charge >= 0.3 is 0 Å². The zero-order chi connectivity index (χ0) is 13.7. The molecule has 0 spiro atoms. The quantitative estimate of drug-likeness (QED) is 0.802. The van der Waals surface area contributed by atoms with Crippen molar-refractivity contribution in [3.8, 4) is 0 Å². The van der Waals surface area contributed by atoms with Crippen LogP contribution in [0.1, 0.15) is 46.0 Å². The fourth-order valence-corrected chi connectivity index (χ4v) is 3.03. The molecule has 19 heavy (non-hydrogen) atoms. The summed E-state index contributed by atoms with van der Waals surface area (Å²) in [5, 5.41) is 6.67. The molecule has 0 saturated heterocycles. The lowest BCUT2D eigenvalue weighted by Gasteiger charge is -2.19. The Bertz CT molecular complexity index is 523. The van der Waals surface area contributed by atoms with Gasteiger partial charge in [0.25, 0.3) is 0 Å². The Balaban J connectivity index is 2.19. The maximum absolute atomic E-state index is 5.78. The third-order valence-corrected chi connectivity index (χ3v) is 4.03. The van der Waals surface area contributed by atoms with E-state index in [1.54, 1.807) is 11.3 Å². The first-order valence-electron chi connectivity index (χ1n) is 7.01. The average molecular weight is 278 g/mol. The van der Waals surface area contributed by atoms with Crippen LogP contribution in [0.5, 0.6) is 0 Å². The lowest BCUT2D eigenvalue weighted by atomic mass is 10.1. The van der Waals surface area contributed by atoms with Gasteiger partial charge in [0.1, 0.15) is 10.6 Å². The minimum atomic E-state index is 0.350. The van der Waals surface area contributed by atoms with E-state index >= 15 is 0 Å². The summed E-state index contributed by atoms with van der Waals surface area (Å²) < 4.78 is 0. The van der Waals surface area contributed by atoms with Crippen LogP contribution in [0.3, 0.4) is 0 Å². The Morgan fingerprint density at radius 1 is 1.26 bits per heavy atom. The van der Waals surface area contributed by atoms with Gasteiger partial charge in [-0.3, -0.25) is 0 Å². The SMILES string of the molecule is CCCCC(CCC)Nc1nc(N)nc2sccc12. The van der Waals surface area contributed by atoms with Crippen LogP contribution in [-0.2, 0) is 0 Å². The number of hydrogen-bond acceptors (Lipinski definition) is 5. The molecule has 0 aromatic carbocycles. The van der Waals surface area contributed by atoms with Gasteiger partial charge in [-0.15, -0.1) is 11.3 Å². The summed E-state index contributed by atoms with van der Waals surface area (Å²) in [4.78, 5) is 9.58. The number of hydrogen-bond donors (Lipinski definition) is 2. The van der Waals surface area contributed by atoms with Crippen LogP contribution in [0.15, 0.2) is 11.4 Å². The van der Waals surface area contributed by atoms with Crippen molar-refractivity contribution in [2.24, 2.45) is 0 Å². The highest BCUT2D eigenvalue weighted by atomic mass is 32.1. The second kappa shape index (κ2) is 6.70. The van der Waals surface area contributed by atoms with Crippen LogP contribution in [-0.4, -0.2) is 16.0 Å². The van der Waals surface area contributed by atoms with Crippen LogP contribution >= 0.6 is 11.3 Å². The Labute approximate surface area is 118 Å². The molecule has 0 bridgehead atoms. The van der Waals surface area contributed by atoms with E-state index in [0.29, 0.717) is 12.0 Å². The minimum Gasteiger partial charge on any atom is -0.368 e. The number of nitrogens with one attached hydrogen (secondary N) is 1. The van der Waals surface area contributed by atoms with E-state index in [4.69, 9.17) is 5.73 Å². The molecule has 4 nitrogen and oxygen atoms in total. The molecule has 1 unspecified atom stereocenters. The van der Waals surface area contributed by atoms with Crippen molar-refractivity contribution in [1.82, 2.24) is 9.97 Å². The number of nitrogen functional groups attached to an aromatic ring is 1. The molecule has 1 atom stereocenters. The van der Waals surface area contributed by atoms with E-state index in [0.717, 1.165) is 22.5 Å². The summed E-state index contributed by atoms with van der Waals surface area (Å²) in [6.07, 6.45) is 5.98. The van der Waals surface area contributed by atoms with Crippen LogP contribution in [0, 0.1) is 0 Å². The lowest BCUT2D eigenvalue weighted by Crippen LogP contribution is -2.20. The maximum Gasteiger partial charge on any atom is 0.223 e. The average Bonchev–Trinajstić information content (AvgIpc) is 2.84. The van der Waals surface area contributed by atoms with Gasteiger partial charge in [-0.2, -0.15) is 4.98 Å². The number of unbranched alkanes of at least 4 members (excludes halogenated alkanes) is 1. The molecule has 2 aromatic heterocycles. The first-order valence-corrected chi connectivity index (χ1v) is 7.89. The number of fused-ring (bicyclic) bond motifs is 1. The number of anilines is 2. The van der Waals surface area contributed by atoms with Crippen molar-refractivity contribution >= 4 is 33.3 Å². The monoisotopic (exact) mass is 278 g/mol. The topological polar surface area (TPSA) is 63.8 Å². The second-order valence-electron chi connectivity index (χ2n) is 4.84. The summed E-state index contributed by atoms with van der Waals surface area (Å²) in [7, 11) is 0. The van der Waals surface area contributed by atoms with E-state index < -0.39 is 0 Å². The van der Waals surface area contributed by atoms with Crippen molar-refractivity contribution in [2.45, 2.75) is 52.0 Å². The predicted octanol–water partition coefficient (Wildman–Crippen LogP) is 4.04. The minimum absolute atomic E-state index is 0.350. The summed E-state index contributed by atoms with van der Waals surface area (Å²) in [6.45, 7) is 4.44. The molecule has 0 radical (unpaired) electrons. The molecule has 2 rings (SSSR count). The van der Waals surface area contributed by atoms with Crippen LogP contribution in [0.25, 0.3) is 10.2 Å². The third-order valence-electron chi connectivity index (χ3n) is 3.23. The van der Waals surface area contributed by atoms with E-state index in [1.165, 1.54) is 25.7 Å². The molecule has 2 heterocycles. The van der Waals surface area contributed by atoms with Gasteiger partial charge in [0, 0.05) is 6.04 Å². The number of aromatic nitrogens is 2. The van der Waals surface area contributed by atoms with Crippen LogP contribution in [0.4, 0.5) is 11.8 Å². The predicted molar refractivity (Wildman–Crippen MR) is 83.7 cm³/mol. The zero-order valence-electron chi connectivity index (χ0n) is 11.6. The van der Waals surface area contributed by atoms with E-state index in [-0.39, 0.29) is 0 Å². The van der Waals surface area contributed by atoms with Crippen molar-refractivity contribution in [2.75, 3.05) is 11.1 Å². The molecular formula is C14H22N4S. The molecule has 5 heteroatoms. The molecular weight excluding hydrogens is 256 g/mol. The fraction of sp³-hybridized carbons (Fsp3) is 0.571. The standard InChI is InChI=1S/C14H22N4S/c1-3-5-7-10(6-4-2)16-12-11-8-9-19-13(11)18-14(15)17-12/h8-10H,3-7H2,1-2H3,(H3,15,16,17,18). The number of thiophene rings is 1. The third kappa shape index (κ3) is 3.56. The highest BCUT2D eigenvalue weighted by Crippen LogP contribution is 2.27. The molecule has 0 amide bonds. The van der Waals surface area contributed by atoms with Crippen molar-refractivity contribution in [3.05, 3.63) is 11.4 Å². The molecule has 0 aliphatic carbocycles. The normalized spacial score (nSPS) is 12.7. The molecule has 0 fully saturated rings. The van der Waals surface area contributed by atoms with Gasteiger partial charge < -0.3 is 11.1 Å². The maximum atomic E-state index is 5.78. The number of nitrogens with two attached hydrogens (primary N) is 1. The van der Waals surface area contributed by atoms with Gasteiger partial charge in [0.05, 0.1) is 5.39 Å². The van der Waals surface area contributed by atoms with E-state index in [1.807, 2.05) is 5.38 Å². The van der Waals surface area contributed by atoms with Gasteiger partial charge in [-0.1, -0.05) is 33.1 Å². The molecule has 104 valence electrons. The Morgan fingerprint density at radius 2 is 2.11 bits per heavy atom. The summed E-state index contributed by atoms with van der Waals surface area (Å²) in [6, 6.07) is 2.53. The Hall–Kier alpha value is -1.36. The van der Waals surface area contributed by atoms with Gasteiger partial charge in [0.2, 0.25) is 5.95 Å². The first-order chi connectivity index (χ1) is 9.24. The number of rotatable bonds is 7. The van der Waals surface area contributed by atoms with Crippen molar-refractivity contribution in [1.29, 1.82) is 0 Å². The Kier molecular flexibility index (Phi) is 4.96. The summed E-state index contributed by atoms with van der Waals surface area (Å²) in [5.41, 5.74) is 5.78. The largest absolute Gasteiger partial charge is 0.368 e. The van der Waals surface area contributed by atoms with Gasteiger partial charge in [-0.05, 0) is 24.3 Å². The second-order valence-corrected chi connectivity index (χ2v) is 5.74. The van der Waals surface area contributed by atoms with Crippen LogP contribution in [0.2, 0.25) is 0 Å². The van der Waals surface area contributed by atoms with Gasteiger partial charge in [0.15, 0.2) is 0 Å². The van der Waals surface area contributed by atoms with E-state index in [9.17, 15) is 0 Å². The fourth-order valence-electron chi connectivity index (χ4n) is 2.26. The van der Waals surface area contributed by atoms with Gasteiger partial charge in [-0.25, -0.2) is 4.98 Å². The molecule has 2 aromatic rings. The summed E-state index contributed by atoms with van der Waals surface area (Å²) >= 11 is 1.60. The van der Waals surface area contributed by atoms with Crippen molar-refractivity contribution in [3.63, 3.8) is 0 Å². The lowest BCUT2D eigenvalue weighted by molar-refractivity contribution is 0.563. The van der Waals surface area contributed by atoms with Crippen molar-refractivity contribution < 1.29 is 0 Å². The number of nitrogens with zero attached hydrogens (tertiary/aromatic N) is 2. The smallest absolute Gasteiger partial charge is 0.223 e. The zero-order valence-corrected chi connectivity index (χ0v) is 12.5.